The summed E-state index contributed by atoms with van der Waals surface area (Å²) in [5.74, 6) is 0.119. The summed E-state index contributed by atoms with van der Waals surface area (Å²) < 4.78 is 24.5. The van der Waals surface area contributed by atoms with E-state index in [1.807, 2.05) is 37.3 Å². The van der Waals surface area contributed by atoms with E-state index >= 15 is 0 Å². The Kier molecular flexibility index (Phi) is 5.03. The largest absolute Gasteiger partial charge is 0.610 e. The number of hydrogen-bond donors (Lipinski definition) is 1. The Morgan fingerprint density at radius 1 is 1.25 bits per heavy atom. The second-order valence-electron chi connectivity index (χ2n) is 7.19. The van der Waals surface area contributed by atoms with Gasteiger partial charge in [-0.2, -0.15) is 0 Å². The van der Waals surface area contributed by atoms with E-state index < -0.39 is 17.3 Å². The number of nitrogens with one attached hydrogen (secondary N) is 1. The smallest absolute Gasteiger partial charge is 0.244 e. The van der Waals surface area contributed by atoms with Crippen LogP contribution < -0.4 is 5.32 Å². The Hall–Kier alpha value is -2.51. The fourth-order valence-electron chi connectivity index (χ4n) is 3.22. The first-order chi connectivity index (χ1) is 13.4. The molecule has 3 aromatic rings. The Bertz CT molecular complexity index is 1060. The van der Waals surface area contributed by atoms with Crippen molar-refractivity contribution in [1.82, 2.24) is 9.97 Å². The predicted octanol–water partition coefficient (Wildman–Crippen LogP) is 4.03. The highest BCUT2D eigenvalue weighted by Crippen LogP contribution is 2.36. The number of fused-ring (bicyclic) bond motifs is 1. The molecule has 28 heavy (non-hydrogen) atoms. The molecule has 4 rings (SSSR count). The van der Waals surface area contributed by atoms with Crippen LogP contribution in [0.3, 0.4) is 0 Å². The van der Waals surface area contributed by atoms with Crippen LogP contribution in [0.25, 0.3) is 21.9 Å². The zero-order valence-corrected chi connectivity index (χ0v) is 16.4. The summed E-state index contributed by atoms with van der Waals surface area (Å²) in [6, 6.07) is 9.61. The van der Waals surface area contributed by atoms with Gasteiger partial charge in [-0.1, -0.05) is 12.1 Å². The van der Waals surface area contributed by atoms with Gasteiger partial charge in [-0.25, -0.2) is 14.4 Å². The van der Waals surface area contributed by atoms with Gasteiger partial charge in [-0.05, 0) is 42.0 Å². The molecule has 1 amide bonds. The molecule has 1 aliphatic carbocycles. The van der Waals surface area contributed by atoms with Gasteiger partial charge in [0.1, 0.15) is 18.2 Å². The van der Waals surface area contributed by atoms with Crippen LogP contribution in [0, 0.1) is 12.8 Å². The summed E-state index contributed by atoms with van der Waals surface area (Å²) in [5.41, 5.74) is 2.97. The zero-order valence-electron chi connectivity index (χ0n) is 15.6. The highest BCUT2D eigenvalue weighted by molar-refractivity contribution is 7.90. The van der Waals surface area contributed by atoms with E-state index in [0.717, 1.165) is 27.5 Å². The van der Waals surface area contributed by atoms with Gasteiger partial charge in [0.25, 0.3) is 0 Å². The number of pyridine rings is 2. The molecule has 2 aromatic heterocycles. The Morgan fingerprint density at radius 2 is 2.04 bits per heavy atom. The lowest BCUT2D eigenvalue weighted by Gasteiger charge is -2.10. The third-order valence-corrected chi connectivity index (χ3v) is 5.78. The SMILES string of the molecule is Cc1cc([S+](C)[O-])ncc1-c1ccc2cc(NC(=O)C[C@@H]3C[C@@H]3F)ncc2c1. The van der Waals surface area contributed by atoms with E-state index in [0.29, 0.717) is 17.3 Å². The van der Waals surface area contributed by atoms with E-state index in [1.54, 1.807) is 18.6 Å². The number of benzene rings is 1. The van der Waals surface area contributed by atoms with Gasteiger partial charge in [0, 0.05) is 52.9 Å². The van der Waals surface area contributed by atoms with Gasteiger partial charge < -0.3 is 9.87 Å². The van der Waals surface area contributed by atoms with Crippen LogP contribution in [0.1, 0.15) is 18.4 Å². The normalized spacial score (nSPS) is 19.4. The first-order valence-corrected chi connectivity index (χ1v) is 10.6. The molecule has 2 heterocycles. The summed E-state index contributed by atoms with van der Waals surface area (Å²) in [6.45, 7) is 1.97. The van der Waals surface area contributed by atoms with E-state index in [2.05, 4.69) is 15.3 Å². The molecular weight excluding hydrogens is 377 g/mol. The highest BCUT2D eigenvalue weighted by Gasteiger charge is 2.38. The van der Waals surface area contributed by atoms with Gasteiger partial charge in [-0.3, -0.25) is 4.79 Å². The van der Waals surface area contributed by atoms with Crippen LogP contribution in [0.15, 0.2) is 47.8 Å². The van der Waals surface area contributed by atoms with Crippen molar-refractivity contribution in [3.63, 3.8) is 0 Å². The quantitative estimate of drug-likeness (QED) is 0.660. The van der Waals surface area contributed by atoms with Crippen molar-refractivity contribution in [2.75, 3.05) is 11.6 Å². The van der Waals surface area contributed by atoms with Gasteiger partial charge in [-0.15, -0.1) is 0 Å². The molecule has 0 radical (unpaired) electrons. The van der Waals surface area contributed by atoms with Crippen molar-refractivity contribution in [2.24, 2.45) is 5.92 Å². The molecule has 1 aliphatic rings. The molecule has 144 valence electrons. The molecule has 7 heteroatoms. The number of anilines is 1. The summed E-state index contributed by atoms with van der Waals surface area (Å²) in [7, 11) is 0. The molecule has 1 saturated carbocycles. The van der Waals surface area contributed by atoms with Gasteiger partial charge in [0.15, 0.2) is 0 Å². The third-order valence-electron chi connectivity index (χ3n) is 4.96. The van der Waals surface area contributed by atoms with Crippen LogP contribution in [0.4, 0.5) is 10.2 Å². The monoisotopic (exact) mass is 397 g/mol. The Balaban J connectivity index is 1.56. The summed E-state index contributed by atoms with van der Waals surface area (Å²) in [5, 5.41) is 5.19. The Morgan fingerprint density at radius 3 is 2.71 bits per heavy atom. The maximum absolute atomic E-state index is 12.9. The fraction of sp³-hybridized carbons (Fsp3) is 0.286. The molecule has 0 spiro atoms. The number of carbonyl (C=O) groups excluding carboxylic acids is 1. The maximum atomic E-state index is 12.9. The van der Waals surface area contributed by atoms with Gasteiger partial charge in [0.05, 0.1) is 0 Å². The van der Waals surface area contributed by atoms with E-state index in [1.165, 1.54) is 0 Å². The first-order valence-electron chi connectivity index (χ1n) is 9.05. The molecule has 3 atom stereocenters. The second kappa shape index (κ2) is 7.48. The minimum atomic E-state index is -1.11. The lowest BCUT2D eigenvalue weighted by molar-refractivity contribution is -0.116. The van der Waals surface area contributed by atoms with Crippen molar-refractivity contribution in [3.8, 4) is 11.1 Å². The molecule has 5 nitrogen and oxygen atoms in total. The third kappa shape index (κ3) is 4.00. The van der Waals surface area contributed by atoms with Crippen molar-refractivity contribution in [2.45, 2.75) is 31.0 Å². The number of aryl methyl sites for hydroxylation is 1. The van der Waals surface area contributed by atoms with E-state index in [-0.39, 0.29) is 18.2 Å². The minimum absolute atomic E-state index is 0.142. The molecule has 1 fully saturated rings. The molecular formula is C21H20FN3O2S. The summed E-state index contributed by atoms with van der Waals surface area (Å²) >= 11 is -1.11. The van der Waals surface area contributed by atoms with Crippen molar-refractivity contribution < 1.29 is 13.7 Å². The molecule has 0 bridgehead atoms. The van der Waals surface area contributed by atoms with Gasteiger partial charge >= 0.3 is 0 Å². The predicted molar refractivity (Wildman–Crippen MR) is 108 cm³/mol. The molecule has 0 aliphatic heterocycles. The molecule has 1 aromatic carbocycles. The van der Waals surface area contributed by atoms with E-state index in [4.69, 9.17) is 0 Å². The summed E-state index contributed by atoms with van der Waals surface area (Å²) in [4.78, 5) is 20.5. The number of halogens is 1. The van der Waals surface area contributed by atoms with Crippen molar-refractivity contribution in [3.05, 3.63) is 48.3 Å². The molecule has 1 unspecified atom stereocenters. The number of amides is 1. The molecule has 0 saturated heterocycles. The van der Waals surface area contributed by atoms with Crippen LogP contribution in [0.5, 0.6) is 0 Å². The van der Waals surface area contributed by atoms with Crippen LogP contribution in [0.2, 0.25) is 0 Å². The van der Waals surface area contributed by atoms with Gasteiger partial charge in [0.2, 0.25) is 10.9 Å². The van der Waals surface area contributed by atoms with E-state index in [9.17, 15) is 13.7 Å². The molecule has 1 N–H and O–H groups in total. The number of hydrogen-bond acceptors (Lipinski definition) is 4. The van der Waals surface area contributed by atoms with Crippen LogP contribution >= 0.6 is 0 Å². The number of carbonyl (C=O) groups is 1. The topological polar surface area (TPSA) is 77.9 Å². The van der Waals surface area contributed by atoms with Crippen LogP contribution in [-0.4, -0.2) is 32.9 Å². The average Bonchev–Trinajstić information content (AvgIpc) is 3.35. The Labute approximate surface area is 165 Å². The highest BCUT2D eigenvalue weighted by atomic mass is 32.2. The van der Waals surface area contributed by atoms with Crippen molar-refractivity contribution in [1.29, 1.82) is 0 Å². The fourth-order valence-corrected chi connectivity index (χ4v) is 3.76. The average molecular weight is 397 g/mol. The standard InChI is InChI=1S/C21H20FN3O2S/c1-12-5-21(28(2)27)24-11-17(12)14-4-3-13-8-19(23-10-16(13)6-14)25-20(26)9-15-7-18(15)22/h3-6,8,10-11,15,18H,7,9H2,1-2H3,(H,23,25,26)/t15-,18-,28?/m0/s1. The lowest BCUT2D eigenvalue weighted by Crippen LogP contribution is -2.13. The zero-order chi connectivity index (χ0) is 19.8. The van der Waals surface area contributed by atoms with Crippen molar-refractivity contribution >= 4 is 33.7 Å². The number of nitrogens with zero attached hydrogens (tertiary/aromatic N) is 2. The maximum Gasteiger partial charge on any atom is 0.244 e. The number of aromatic nitrogens is 2. The summed E-state index contributed by atoms with van der Waals surface area (Å²) in [6.07, 6.45) is 4.90. The first kappa shape index (κ1) is 18.8. The minimum Gasteiger partial charge on any atom is -0.610 e. The number of alkyl halides is 1. The number of rotatable bonds is 5. The second-order valence-corrected chi connectivity index (χ2v) is 8.51. The lowest BCUT2D eigenvalue weighted by atomic mass is 10.0. The van der Waals surface area contributed by atoms with Crippen LogP contribution in [-0.2, 0) is 16.0 Å².